The summed E-state index contributed by atoms with van der Waals surface area (Å²) in [6, 6.07) is 19.5. The number of benzene rings is 2. The molecule has 0 fully saturated rings. The zero-order chi connectivity index (χ0) is 19.5. The summed E-state index contributed by atoms with van der Waals surface area (Å²) in [5, 5.41) is 4.33. The van der Waals surface area contributed by atoms with E-state index in [0.717, 1.165) is 32.2 Å². The second kappa shape index (κ2) is 9.03. The molecule has 148 valence electrons. The van der Waals surface area contributed by atoms with Gasteiger partial charge in [0.15, 0.2) is 0 Å². The maximum Gasteiger partial charge on any atom is 0.338 e. The molecule has 0 aliphatic rings. The van der Waals surface area contributed by atoms with Crippen LogP contribution in [0.3, 0.4) is 0 Å². The van der Waals surface area contributed by atoms with Crippen LogP contribution in [0.5, 0.6) is 0 Å². The highest BCUT2D eigenvalue weighted by molar-refractivity contribution is 7.21. The zero-order valence-corrected chi connectivity index (χ0v) is 17.6. The second-order valence-electron chi connectivity index (χ2n) is 6.24. The smallest absolute Gasteiger partial charge is 0.338 e. The molecule has 4 aromatic rings. The fourth-order valence-corrected chi connectivity index (χ4v) is 3.99. The maximum absolute atomic E-state index is 11.8. The molecule has 2 aromatic heterocycles. The molecule has 0 aliphatic heterocycles. The van der Waals surface area contributed by atoms with Crippen molar-refractivity contribution >= 4 is 51.4 Å². The van der Waals surface area contributed by atoms with Gasteiger partial charge in [0.2, 0.25) is 0 Å². The molecule has 2 aromatic carbocycles. The Morgan fingerprint density at radius 1 is 1.07 bits per heavy atom. The number of anilines is 2. The Morgan fingerprint density at radius 3 is 2.48 bits per heavy atom. The molecule has 1 N–H and O–H groups in total. The average molecular weight is 426 g/mol. The normalized spacial score (nSPS) is 10.4. The highest BCUT2D eigenvalue weighted by atomic mass is 35.5. The minimum atomic E-state index is -0.320. The van der Waals surface area contributed by atoms with Gasteiger partial charge in [0.25, 0.3) is 0 Å². The third-order valence-corrected chi connectivity index (χ3v) is 5.30. The molecule has 0 atom stereocenters. The summed E-state index contributed by atoms with van der Waals surface area (Å²) in [5.74, 6) is 1.14. The van der Waals surface area contributed by atoms with Crippen molar-refractivity contribution in [1.29, 1.82) is 0 Å². The summed E-state index contributed by atoms with van der Waals surface area (Å²) in [6.45, 7) is 4.04. The van der Waals surface area contributed by atoms with Crippen LogP contribution in [-0.2, 0) is 4.74 Å². The molecule has 2 heterocycles. The number of nitrogens with zero attached hydrogens (tertiary/aromatic N) is 2. The fraction of sp³-hybridized carbons (Fsp3) is 0.136. The number of rotatable bonds is 5. The van der Waals surface area contributed by atoms with Crippen molar-refractivity contribution < 1.29 is 9.53 Å². The molecular formula is C22H20ClN3O2S. The van der Waals surface area contributed by atoms with Gasteiger partial charge < -0.3 is 10.1 Å². The molecular weight excluding hydrogens is 406 g/mol. The number of nitrogens with one attached hydrogen (secondary N) is 1. The Kier molecular flexibility index (Phi) is 6.46. The van der Waals surface area contributed by atoms with E-state index in [9.17, 15) is 4.79 Å². The number of ether oxygens (including phenoxy) is 1. The SMILES string of the molecule is CCOC(=O)c1ccc(Nc2nc(C)nc3sc(-c4ccccc4)cc23)cc1.Cl. The average Bonchev–Trinajstić information content (AvgIpc) is 3.13. The Labute approximate surface area is 179 Å². The standard InChI is InChI=1S/C22H19N3O2S.ClH/c1-3-27-22(26)16-9-11-17(12-10-16)25-20-18-13-19(15-7-5-4-6-8-15)28-21(18)24-14(2)23-20;/h4-13H,3H2,1-2H3,(H,23,24,25);1H. The molecule has 7 heteroatoms. The molecule has 4 rings (SSSR count). The van der Waals surface area contributed by atoms with E-state index >= 15 is 0 Å². The van der Waals surface area contributed by atoms with Gasteiger partial charge in [0.05, 0.1) is 17.6 Å². The van der Waals surface area contributed by atoms with Gasteiger partial charge in [-0.3, -0.25) is 0 Å². The number of carbonyl (C=O) groups excluding carboxylic acids is 1. The van der Waals surface area contributed by atoms with Gasteiger partial charge in [-0.05, 0) is 49.7 Å². The van der Waals surface area contributed by atoms with E-state index < -0.39 is 0 Å². The summed E-state index contributed by atoms with van der Waals surface area (Å²) in [7, 11) is 0. The van der Waals surface area contributed by atoms with Crippen molar-refractivity contribution in [2.75, 3.05) is 11.9 Å². The van der Waals surface area contributed by atoms with Crippen LogP contribution in [0.4, 0.5) is 11.5 Å². The van der Waals surface area contributed by atoms with Crippen LogP contribution in [0.15, 0.2) is 60.7 Å². The topological polar surface area (TPSA) is 64.1 Å². The largest absolute Gasteiger partial charge is 0.462 e. The Hall–Kier alpha value is -2.96. The molecule has 0 saturated carbocycles. The van der Waals surface area contributed by atoms with E-state index in [1.165, 1.54) is 0 Å². The first-order chi connectivity index (χ1) is 13.6. The van der Waals surface area contributed by atoms with Crippen molar-refractivity contribution in [2.24, 2.45) is 0 Å². The number of carbonyl (C=O) groups is 1. The van der Waals surface area contributed by atoms with Crippen LogP contribution in [0.25, 0.3) is 20.7 Å². The molecule has 0 bridgehead atoms. The maximum atomic E-state index is 11.8. The van der Waals surface area contributed by atoms with Gasteiger partial charge in [-0.25, -0.2) is 14.8 Å². The number of halogens is 1. The third kappa shape index (κ3) is 4.55. The molecule has 0 radical (unpaired) electrons. The van der Waals surface area contributed by atoms with E-state index in [1.54, 1.807) is 30.4 Å². The summed E-state index contributed by atoms with van der Waals surface area (Å²) >= 11 is 1.65. The lowest BCUT2D eigenvalue weighted by Crippen LogP contribution is -2.04. The van der Waals surface area contributed by atoms with E-state index in [4.69, 9.17) is 4.74 Å². The molecule has 29 heavy (non-hydrogen) atoms. The molecule has 0 saturated heterocycles. The van der Waals surface area contributed by atoms with Crippen molar-refractivity contribution in [3.05, 3.63) is 72.1 Å². The zero-order valence-electron chi connectivity index (χ0n) is 16.0. The number of fused-ring (bicyclic) bond motifs is 1. The van der Waals surface area contributed by atoms with E-state index in [1.807, 2.05) is 37.3 Å². The predicted octanol–water partition coefficient (Wildman–Crippen LogP) is 6.01. The number of esters is 1. The highest BCUT2D eigenvalue weighted by Crippen LogP contribution is 2.36. The third-order valence-electron chi connectivity index (χ3n) is 4.22. The van der Waals surface area contributed by atoms with Gasteiger partial charge in [-0.15, -0.1) is 23.7 Å². The van der Waals surface area contributed by atoms with Gasteiger partial charge >= 0.3 is 5.97 Å². The number of aromatic nitrogens is 2. The van der Waals surface area contributed by atoms with E-state index in [0.29, 0.717) is 18.0 Å². The molecule has 0 spiro atoms. The van der Waals surface area contributed by atoms with Crippen LogP contribution in [-0.4, -0.2) is 22.5 Å². The van der Waals surface area contributed by atoms with Crippen molar-refractivity contribution in [3.63, 3.8) is 0 Å². The van der Waals surface area contributed by atoms with E-state index in [2.05, 4.69) is 33.5 Å². The van der Waals surface area contributed by atoms with Gasteiger partial charge in [0, 0.05) is 10.6 Å². The Bertz CT molecular complexity index is 1130. The summed E-state index contributed by atoms with van der Waals surface area (Å²) < 4.78 is 5.03. The number of hydrogen-bond donors (Lipinski definition) is 1. The van der Waals surface area contributed by atoms with Gasteiger partial charge in [0.1, 0.15) is 16.5 Å². The first kappa shape index (κ1) is 20.8. The summed E-state index contributed by atoms with van der Waals surface area (Å²) in [6.07, 6.45) is 0. The lowest BCUT2D eigenvalue weighted by atomic mass is 10.2. The molecule has 0 amide bonds. The lowest BCUT2D eigenvalue weighted by Gasteiger charge is -2.08. The lowest BCUT2D eigenvalue weighted by molar-refractivity contribution is 0.0526. The highest BCUT2D eigenvalue weighted by Gasteiger charge is 2.12. The van der Waals surface area contributed by atoms with Crippen molar-refractivity contribution in [3.8, 4) is 10.4 Å². The summed E-state index contributed by atoms with van der Waals surface area (Å²) in [4.78, 5) is 23.1. The first-order valence-electron chi connectivity index (χ1n) is 9.02. The Balaban J connectivity index is 0.00000240. The summed E-state index contributed by atoms with van der Waals surface area (Å²) in [5.41, 5.74) is 2.53. The number of hydrogen-bond acceptors (Lipinski definition) is 6. The Morgan fingerprint density at radius 2 is 1.79 bits per heavy atom. The minimum Gasteiger partial charge on any atom is -0.462 e. The van der Waals surface area contributed by atoms with Crippen LogP contribution < -0.4 is 5.32 Å². The molecule has 0 aliphatic carbocycles. The van der Waals surface area contributed by atoms with Gasteiger partial charge in [-0.1, -0.05) is 30.3 Å². The molecule has 5 nitrogen and oxygen atoms in total. The second-order valence-corrected chi connectivity index (χ2v) is 7.27. The van der Waals surface area contributed by atoms with E-state index in [-0.39, 0.29) is 18.4 Å². The van der Waals surface area contributed by atoms with Crippen LogP contribution in [0, 0.1) is 6.92 Å². The monoisotopic (exact) mass is 425 g/mol. The van der Waals surface area contributed by atoms with Crippen LogP contribution in [0.2, 0.25) is 0 Å². The number of thiophene rings is 1. The quantitative estimate of drug-likeness (QED) is 0.397. The molecule has 0 unspecified atom stereocenters. The fourth-order valence-electron chi connectivity index (χ4n) is 2.91. The van der Waals surface area contributed by atoms with Crippen molar-refractivity contribution in [2.45, 2.75) is 13.8 Å². The van der Waals surface area contributed by atoms with Crippen LogP contribution in [0.1, 0.15) is 23.1 Å². The van der Waals surface area contributed by atoms with Crippen LogP contribution >= 0.6 is 23.7 Å². The number of aryl methyl sites for hydroxylation is 1. The van der Waals surface area contributed by atoms with Crippen molar-refractivity contribution in [1.82, 2.24) is 9.97 Å². The minimum absolute atomic E-state index is 0. The van der Waals surface area contributed by atoms with Gasteiger partial charge in [-0.2, -0.15) is 0 Å². The first-order valence-corrected chi connectivity index (χ1v) is 9.83. The predicted molar refractivity (Wildman–Crippen MR) is 121 cm³/mol.